The number of hydrogen-bond acceptors (Lipinski definition) is 1. The quantitative estimate of drug-likeness (QED) is 0.678. The summed E-state index contributed by atoms with van der Waals surface area (Å²) in [6.45, 7) is 4.92. The van der Waals surface area contributed by atoms with Gasteiger partial charge >= 0.3 is 0 Å². The van der Waals surface area contributed by atoms with Gasteiger partial charge in [-0.25, -0.2) is 8.78 Å². The van der Waals surface area contributed by atoms with Gasteiger partial charge in [0.2, 0.25) is 0 Å². The number of hydrogen-bond donors (Lipinski definition) is 1. The molecule has 0 aliphatic rings. The first-order valence-corrected chi connectivity index (χ1v) is 6.80. The predicted octanol–water partition coefficient (Wildman–Crippen LogP) is 4.41. The molecule has 0 bridgehead atoms. The minimum atomic E-state index is -0.786. The number of unbranched alkanes of at least 4 members (excludes halogenated alkanes) is 3. The molecule has 1 unspecified atom stereocenters. The summed E-state index contributed by atoms with van der Waals surface area (Å²) < 4.78 is 25.7. The molecule has 1 nitrogen and oxygen atoms in total. The van der Waals surface area contributed by atoms with Crippen molar-refractivity contribution >= 4 is 0 Å². The van der Waals surface area contributed by atoms with Gasteiger partial charge in [-0.15, -0.1) is 0 Å². The summed E-state index contributed by atoms with van der Waals surface area (Å²) in [4.78, 5) is 0. The van der Waals surface area contributed by atoms with Crippen molar-refractivity contribution in [2.24, 2.45) is 0 Å². The van der Waals surface area contributed by atoms with E-state index in [1.807, 2.05) is 0 Å². The molecule has 0 heterocycles. The van der Waals surface area contributed by atoms with E-state index in [1.54, 1.807) is 6.07 Å². The highest BCUT2D eigenvalue weighted by molar-refractivity contribution is 5.17. The smallest absolute Gasteiger partial charge is 0.159 e. The van der Waals surface area contributed by atoms with Gasteiger partial charge in [-0.05, 0) is 31.0 Å². The van der Waals surface area contributed by atoms with Crippen LogP contribution in [0, 0.1) is 11.6 Å². The Morgan fingerprint density at radius 2 is 1.89 bits per heavy atom. The largest absolute Gasteiger partial charge is 0.310 e. The molecule has 1 aromatic rings. The first-order chi connectivity index (χ1) is 8.63. The van der Waals surface area contributed by atoms with Crippen LogP contribution >= 0.6 is 0 Å². The van der Waals surface area contributed by atoms with E-state index in [1.165, 1.54) is 37.8 Å². The van der Waals surface area contributed by atoms with Gasteiger partial charge in [0.1, 0.15) is 0 Å². The standard InChI is InChI=1S/C15H23F2N/c1-3-4-5-6-7-12(2)18-11-13-8-9-14(16)15(17)10-13/h8-10,12,18H,3-7,11H2,1-2H3. The van der Waals surface area contributed by atoms with Crippen molar-refractivity contribution in [2.45, 2.75) is 58.5 Å². The Bertz CT molecular complexity index is 352. The van der Waals surface area contributed by atoms with Crippen molar-refractivity contribution in [1.82, 2.24) is 5.32 Å². The second-order valence-corrected chi connectivity index (χ2v) is 4.88. The molecule has 0 saturated heterocycles. The lowest BCUT2D eigenvalue weighted by molar-refractivity contribution is 0.478. The average molecular weight is 255 g/mol. The van der Waals surface area contributed by atoms with Crippen molar-refractivity contribution in [3.8, 4) is 0 Å². The Kier molecular flexibility index (Phi) is 6.88. The fourth-order valence-corrected chi connectivity index (χ4v) is 1.92. The van der Waals surface area contributed by atoms with E-state index in [0.717, 1.165) is 12.0 Å². The van der Waals surface area contributed by atoms with E-state index in [4.69, 9.17) is 0 Å². The van der Waals surface area contributed by atoms with Crippen LogP contribution < -0.4 is 5.32 Å². The van der Waals surface area contributed by atoms with Gasteiger partial charge in [0.05, 0.1) is 0 Å². The molecule has 0 amide bonds. The van der Waals surface area contributed by atoms with Crippen LogP contribution in [0.2, 0.25) is 0 Å². The summed E-state index contributed by atoms with van der Waals surface area (Å²) >= 11 is 0. The van der Waals surface area contributed by atoms with Gasteiger partial charge < -0.3 is 5.32 Å². The molecule has 1 N–H and O–H groups in total. The summed E-state index contributed by atoms with van der Waals surface area (Å²) in [5.74, 6) is -1.56. The molecular weight excluding hydrogens is 232 g/mol. The van der Waals surface area contributed by atoms with Crippen LogP contribution in [-0.2, 0) is 6.54 Å². The molecular formula is C15H23F2N. The lowest BCUT2D eigenvalue weighted by atomic mass is 10.1. The molecule has 0 aliphatic heterocycles. The van der Waals surface area contributed by atoms with Gasteiger partial charge in [0.15, 0.2) is 11.6 Å². The van der Waals surface area contributed by atoms with E-state index in [0.29, 0.717) is 12.6 Å². The first kappa shape index (κ1) is 15.1. The van der Waals surface area contributed by atoms with Crippen LogP contribution in [0.25, 0.3) is 0 Å². The zero-order valence-corrected chi connectivity index (χ0v) is 11.3. The lowest BCUT2D eigenvalue weighted by Crippen LogP contribution is -2.25. The number of benzene rings is 1. The minimum Gasteiger partial charge on any atom is -0.310 e. The van der Waals surface area contributed by atoms with E-state index in [-0.39, 0.29) is 0 Å². The topological polar surface area (TPSA) is 12.0 Å². The molecule has 1 atom stereocenters. The number of halogens is 2. The van der Waals surface area contributed by atoms with E-state index in [2.05, 4.69) is 19.2 Å². The maximum atomic E-state index is 13.0. The van der Waals surface area contributed by atoms with E-state index >= 15 is 0 Å². The SMILES string of the molecule is CCCCCCC(C)NCc1ccc(F)c(F)c1. The lowest BCUT2D eigenvalue weighted by Gasteiger charge is -2.13. The summed E-state index contributed by atoms with van der Waals surface area (Å²) in [6, 6.07) is 4.47. The Balaban J connectivity index is 2.24. The van der Waals surface area contributed by atoms with Crippen LogP contribution in [0.1, 0.15) is 51.5 Å². The summed E-state index contributed by atoms with van der Waals surface area (Å²) in [7, 11) is 0. The maximum Gasteiger partial charge on any atom is 0.159 e. The summed E-state index contributed by atoms with van der Waals surface area (Å²) in [5, 5.41) is 3.33. The van der Waals surface area contributed by atoms with Gasteiger partial charge in [0, 0.05) is 12.6 Å². The third-order valence-electron chi connectivity index (χ3n) is 3.13. The molecule has 18 heavy (non-hydrogen) atoms. The zero-order chi connectivity index (χ0) is 13.4. The Morgan fingerprint density at radius 1 is 1.11 bits per heavy atom. The Hall–Kier alpha value is -0.960. The molecule has 0 saturated carbocycles. The third kappa shape index (κ3) is 5.58. The molecule has 1 aromatic carbocycles. The first-order valence-electron chi connectivity index (χ1n) is 6.80. The fraction of sp³-hybridized carbons (Fsp3) is 0.600. The van der Waals surface area contributed by atoms with Crippen molar-refractivity contribution < 1.29 is 8.78 Å². The highest BCUT2D eigenvalue weighted by atomic mass is 19.2. The van der Waals surface area contributed by atoms with Crippen LogP contribution in [0.4, 0.5) is 8.78 Å². The van der Waals surface area contributed by atoms with Gasteiger partial charge in [-0.3, -0.25) is 0 Å². The third-order valence-corrected chi connectivity index (χ3v) is 3.13. The van der Waals surface area contributed by atoms with Crippen LogP contribution in [0.5, 0.6) is 0 Å². The van der Waals surface area contributed by atoms with E-state index < -0.39 is 11.6 Å². The second kappa shape index (κ2) is 8.20. The molecule has 0 aliphatic carbocycles. The van der Waals surface area contributed by atoms with Crippen molar-refractivity contribution in [3.05, 3.63) is 35.4 Å². The fourth-order valence-electron chi connectivity index (χ4n) is 1.92. The second-order valence-electron chi connectivity index (χ2n) is 4.88. The van der Waals surface area contributed by atoms with Gasteiger partial charge in [0.25, 0.3) is 0 Å². The molecule has 0 radical (unpaired) electrons. The van der Waals surface area contributed by atoms with Crippen LogP contribution in [-0.4, -0.2) is 6.04 Å². The molecule has 0 aromatic heterocycles. The average Bonchev–Trinajstić information content (AvgIpc) is 2.36. The van der Waals surface area contributed by atoms with Crippen LogP contribution in [0.3, 0.4) is 0 Å². The number of nitrogens with one attached hydrogen (secondary N) is 1. The van der Waals surface area contributed by atoms with Gasteiger partial charge in [-0.2, -0.15) is 0 Å². The van der Waals surface area contributed by atoms with Crippen LogP contribution in [0.15, 0.2) is 18.2 Å². The molecule has 0 fully saturated rings. The number of rotatable bonds is 8. The maximum absolute atomic E-state index is 13.0. The predicted molar refractivity (Wildman–Crippen MR) is 71.4 cm³/mol. The summed E-state index contributed by atoms with van der Waals surface area (Å²) in [5.41, 5.74) is 0.786. The monoisotopic (exact) mass is 255 g/mol. The van der Waals surface area contributed by atoms with E-state index in [9.17, 15) is 8.78 Å². The normalized spacial score (nSPS) is 12.7. The molecule has 0 spiro atoms. The Morgan fingerprint density at radius 3 is 2.56 bits per heavy atom. The summed E-state index contributed by atoms with van der Waals surface area (Å²) in [6.07, 6.45) is 6.16. The molecule has 102 valence electrons. The molecule has 3 heteroatoms. The van der Waals surface area contributed by atoms with Gasteiger partial charge in [-0.1, -0.05) is 38.7 Å². The minimum absolute atomic E-state index is 0.412. The van der Waals surface area contributed by atoms with Crippen molar-refractivity contribution in [1.29, 1.82) is 0 Å². The Labute approximate surface area is 109 Å². The van der Waals surface area contributed by atoms with Crippen molar-refractivity contribution in [3.63, 3.8) is 0 Å². The highest BCUT2D eigenvalue weighted by Crippen LogP contribution is 2.10. The molecule has 1 rings (SSSR count). The highest BCUT2D eigenvalue weighted by Gasteiger charge is 2.04. The van der Waals surface area contributed by atoms with Crippen molar-refractivity contribution in [2.75, 3.05) is 0 Å². The zero-order valence-electron chi connectivity index (χ0n) is 11.3.